The van der Waals surface area contributed by atoms with Crippen molar-refractivity contribution < 1.29 is 5.11 Å². The Kier molecular flexibility index (Phi) is 5.62. The summed E-state index contributed by atoms with van der Waals surface area (Å²) in [5, 5.41) is 14.2. The van der Waals surface area contributed by atoms with Gasteiger partial charge in [0.2, 0.25) is 0 Å². The number of nitrogens with one attached hydrogen (secondary N) is 1. The first kappa shape index (κ1) is 17.6. The van der Waals surface area contributed by atoms with Gasteiger partial charge in [-0.05, 0) is 56.3 Å². The van der Waals surface area contributed by atoms with Crippen LogP contribution in [0.1, 0.15) is 31.2 Å². The van der Waals surface area contributed by atoms with Crippen molar-refractivity contribution >= 4 is 0 Å². The van der Waals surface area contributed by atoms with Gasteiger partial charge in [-0.15, -0.1) is 0 Å². The monoisotopic (exact) mass is 355 g/mol. The van der Waals surface area contributed by atoms with Gasteiger partial charge in [-0.3, -0.25) is 9.88 Å². The lowest BCUT2D eigenvalue weighted by Gasteiger charge is -2.34. The standard InChI is InChI=1S/C20H29N5O/c26-20-11-17(14-25-9-6-22-15-25)10-19(20)23-18-3-7-24(8-4-18)13-16-2-1-5-21-12-16/h1-2,5-6,9,12,15,17-20,23,26H,3-4,7-8,10-11,13-14H2/t17?,19-,20-/m1/s1. The molecule has 1 saturated carbocycles. The molecule has 140 valence electrons. The van der Waals surface area contributed by atoms with Gasteiger partial charge in [0.25, 0.3) is 0 Å². The van der Waals surface area contributed by atoms with Crippen LogP contribution in [0.3, 0.4) is 0 Å². The maximum Gasteiger partial charge on any atom is 0.0945 e. The Bertz CT molecular complexity index is 654. The topological polar surface area (TPSA) is 66.2 Å². The van der Waals surface area contributed by atoms with Crippen molar-refractivity contribution in [3.8, 4) is 0 Å². The number of hydrogen-bond acceptors (Lipinski definition) is 5. The first-order valence-corrected chi connectivity index (χ1v) is 9.77. The second-order valence-electron chi connectivity index (χ2n) is 7.85. The molecule has 26 heavy (non-hydrogen) atoms. The molecule has 0 spiro atoms. The number of aliphatic hydroxyl groups is 1. The van der Waals surface area contributed by atoms with Gasteiger partial charge in [-0.1, -0.05) is 6.07 Å². The Morgan fingerprint density at radius 3 is 2.77 bits per heavy atom. The molecule has 6 nitrogen and oxygen atoms in total. The molecule has 4 rings (SSSR count). The summed E-state index contributed by atoms with van der Waals surface area (Å²) in [6.45, 7) is 4.15. The summed E-state index contributed by atoms with van der Waals surface area (Å²) in [5.41, 5.74) is 1.28. The SMILES string of the molecule is O[C@@H]1CC(Cn2ccnc2)C[C@H]1NC1CCN(Cc2cccnc2)CC1. The average molecular weight is 355 g/mol. The minimum atomic E-state index is -0.225. The van der Waals surface area contributed by atoms with Gasteiger partial charge in [-0.25, -0.2) is 4.98 Å². The lowest BCUT2D eigenvalue weighted by atomic mass is 10.0. The van der Waals surface area contributed by atoms with E-state index in [9.17, 15) is 5.11 Å². The molecule has 0 amide bonds. The smallest absolute Gasteiger partial charge is 0.0945 e. The molecule has 2 aliphatic rings. The normalized spacial score (nSPS) is 27.8. The maximum absolute atomic E-state index is 10.5. The van der Waals surface area contributed by atoms with Crippen molar-refractivity contribution in [1.82, 2.24) is 24.8 Å². The summed E-state index contributed by atoms with van der Waals surface area (Å²) in [7, 11) is 0. The molecule has 2 aromatic rings. The molecule has 3 heterocycles. The summed E-state index contributed by atoms with van der Waals surface area (Å²) >= 11 is 0. The quantitative estimate of drug-likeness (QED) is 0.825. The van der Waals surface area contributed by atoms with E-state index in [-0.39, 0.29) is 12.1 Å². The van der Waals surface area contributed by atoms with Crippen molar-refractivity contribution in [3.05, 3.63) is 48.8 Å². The van der Waals surface area contributed by atoms with Gasteiger partial charge in [0.1, 0.15) is 0 Å². The van der Waals surface area contributed by atoms with E-state index in [1.165, 1.54) is 5.56 Å². The fourth-order valence-corrected chi connectivity index (χ4v) is 4.45. The molecule has 2 N–H and O–H groups in total. The molecule has 1 aliphatic heterocycles. The lowest BCUT2D eigenvalue weighted by Crippen LogP contribution is -2.48. The van der Waals surface area contributed by atoms with E-state index in [0.717, 1.165) is 51.9 Å². The van der Waals surface area contributed by atoms with Crippen LogP contribution in [-0.2, 0) is 13.1 Å². The number of aromatic nitrogens is 3. The van der Waals surface area contributed by atoms with Gasteiger partial charge in [-0.2, -0.15) is 0 Å². The van der Waals surface area contributed by atoms with Crippen molar-refractivity contribution in [3.63, 3.8) is 0 Å². The zero-order chi connectivity index (χ0) is 17.8. The molecule has 1 unspecified atom stereocenters. The second-order valence-corrected chi connectivity index (χ2v) is 7.85. The molecule has 1 aliphatic carbocycles. The summed E-state index contributed by atoms with van der Waals surface area (Å²) in [4.78, 5) is 10.8. The highest BCUT2D eigenvalue weighted by atomic mass is 16.3. The summed E-state index contributed by atoms with van der Waals surface area (Å²) in [6.07, 6.45) is 13.5. The number of likely N-dealkylation sites (tertiary alicyclic amines) is 1. The van der Waals surface area contributed by atoms with E-state index < -0.39 is 0 Å². The molecule has 2 aromatic heterocycles. The minimum absolute atomic E-state index is 0.225. The van der Waals surface area contributed by atoms with E-state index in [2.05, 4.69) is 30.8 Å². The Labute approximate surface area is 155 Å². The third-order valence-electron chi connectivity index (χ3n) is 5.82. The van der Waals surface area contributed by atoms with Gasteiger partial charge in [0, 0.05) is 50.0 Å². The van der Waals surface area contributed by atoms with Crippen LogP contribution in [0.15, 0.2) is 43.2 Å². The number of imidazole rings is 1. The molecular formula is C20H29N5O. The van der Waals surface area contributed by atoms with Crippen LogP contribution in [0.25, 0.3) is 0 Å². The van der Waals surface area contributed by atoms with E-state index in [4.69, 9.17) is 0 Å². The average Bonchev–Trinajstić information content (AvgIpc) is 3.28. The van der Waals surface area contributed by atoms with Crippen molar-refractivity contribution in [2.75, 3.05) is 13.1 Å². The van der Waals surface area contributed by atoms with E-state index in [0.29, 0.717) is 12.0 Å². The number of aliphatic hydroxyl groups excluding tert-OH is 1. The lowest BCUT2D eigenvalue weighted by molar-refractivity contribution is 0.124. The molecule has 2 fully saturated rings. The molecule has 0 bridgehead atoms. The predicted octanol–water partition coefficient (Wildman–Crippen LogP) is 1.67. The van der Waals surface area contributed by atoms with Crippen LogP contribution in [-0.4, -0.2) is 55.8 Å². The Balaban J connectivity index is 1.21. The minimum Gasteiger partial charge on any atom is -0.391 e. The van der Waals surface area contributed by atoms with Gasteiger partial charge in [0.05, 0.1) is 12.4 Å². The Morgan fingerprint density at radius 1 is 1.15 bits per heavy atom. The highest BCUT2D eigenvalue weighted by Crippen LogP contribution is 2.28. The predicted molar refractivity (Wildman–Crippen MR) is 100 cm³/mol. The fraction of sp³-hybridized carbons (Fsp3) is 0.600. The number of rotatable bonds is 6. The second kappa shape index (κ2) is 8.29. The van der Waals surface area contributed by atoms with Crippen LogP contribution in [0.5, 0.6) is 0 Å². The molecule has 0 radical (unpaired) electrons. The van der Waals surface area contributed by atoms with E-state index in [1.54, 1.807) is 0 Å². The third kappa shape index (κ3) is 4.50. The van der Waals surface area contributed by atoms with Crippen molar-refractivity contribution in [1.29, 1.82) is 0 Å². The molecule has 0 aromatic carbocycles. The Hall–Kier alpha value is -1.76. The Morgan fingerprint density at radius 2 is 2.04 bits per heavy atom. The third-order valence-corrected chi connectivity index (χ3v) is 5.82. The zero-order valence-electron chi connectivity index (χ0n) is 15.2. The fourth-order valence-electron chi connectivity index (χ4n) is 4.45. The van der Waals surface area contributed by atoms with Gasteiger partial charge in [0.15, 0.2) is 0 Å². The summed E-state index contributed by atoms with van der Waals surface area (Å²) in [5.74, 6) is 0.530. The highest BCUT2D eigenvalue weighted by Gasteiger charge is 2.34. The molecular weight excluding hydrogens is 326 g/mol. The van der Waals surface area contributed by atoms with Gasteiger partial charge >= 0.3 is 0 Å². The van der Waals surface area contributed by atoms with Crippen LogP contribution >= 0.6 is 0 Å². The highest BCUT2D eigenvalue weighted by molar-refractivity contribution is 5.08. The van der Waals surface area contributed by atoms with Crippen LogP contribution in [0.4, 0.5) is 0 Å². The van der Waals surface area contributed by atoms with E-state index in [1.807, 2.05) is 37.2 Å². The first-order chi connectivity index (χ1) is 12.8. The maximum atomic E-state index is 10.5. The van der Waals surface area contributed by atoms with Crippen molar-refractivity contribution in [2.24, 2.45) is 5.92 Å². The van der Waals surface area contributed by atoms with Crippen LogP contribution in [0, 0.1) is 5.92 Å². The number of piperidine rings is 1. The van der Waals surface area contributed by atoms with Gasteiger partial charge < -0.3 is 15.0 Å². The first-order valence-electron chi connectivity index (χ1n) is 9.77. The number of hydrogen-bond donors (Lipinski definition) is 2. The summed E-state index contributed by atoms with van der Waals surface area (Å²) < 4.78 is 2.12. The van der Waals surface area contributed by atoms with E-state index >= 15 is 0 Å². The number of nitrogens with zero attached hydrogens (tertiary/aromatic N) is 4. The zero-order valence-corrected chi connectivity index (χ0v) is 15.2. The number of pyridine rings is 1. The summed E-state index contributed by atoms with van der Waals surface area (Å²) in [6, 6.07) is 4.91. The molecule has 6 heteroatoms. The van der Waals surface area contributed by atoms with Crippen LogP contribution < -0.4 is 5.32 Å². The molecule has 1 saturated heterocycles. The van der Waals surface area contributed by atoms with Crippen molar-refractivity contribution in [2.45, 2.75) is 57.0 Å². The molecule has 3 atom stereocenters. The van der Waals surface area contributed by atoms with Crippen LogP contribution in [0.2, 0.25) is 0 Å². The largest absolute Gasteiger partial charge is 0.391 e.